The van der Waals surface area contributed by atoms with Crippen molar-refractivity contribution in [1.29, 1.82) is 0 Å². The highest BCUT2D eigenvalue weighted by atomic mass is 16.5. The molecule has 1 aromatic carbocycles. The highest BCUT2D eigenvalue weighted by molar-refractivity contribution is 5.95. The van der Waals surface area contributed by atoms with E-state index in [1.54, 1.807) is 18.2 Å². The van der Waals surface area contributed by atoms with E-state index in [-0.39, 0.29) is 11.9 Å². The van der Waals surface area contributed by atoms with Crippen LogP contribution in [0.5, 0.6) is 11.5 Å². The van der Waals surface area contributed by atoms with Crippen LogP contribution in [-0.4, -0.2) is 39.9 Å². The summed E-state index contributed by atoms with van der Waals surface area (Å²) in [7, 11) is 0. The van der Waals surface area contributed by atoms with E-state index < -0.39 is 0 Å². The third-order valence-corrected chi connectivity index (χ3v) is 4.43. The molecule has 3 rings (SSSR count). The quantitative estimate of drug-likeness (QED) is 0.823. The molecule has 26 heavy (non-hydrogen) atoms. The zero-order valence-corrected chi connectivity index (χ0v) is 15.6. The summed E-state index contributed by atoms with van der Waals surface area (Å²) in [6.45, 7) is 7.74. The maximum Gasteiger partial charge on any atom is 0.251 e. The van der Waals surface area contributed by atoms with Gasteiger partial charge in [-0.3, -0.25) is 4.79 Å². The molecule has 1 unspecified atom stereocenters. The van der Waals surface area contributed by atoms with E-state index >= 15 is 0 Å². The zero-order chi connectivity index (χ0) is 18.5. The van der Waals surface area contributed by atoms with Crippen LogP contribution >= 0.6 is 0 Å². The first-order valence-electron chi connectivity index (χ1n) is 9.21. The number of carbonyl (C=O) groups excluding carboxylic acids is 1. The maximum absolute atomic E-state index is 12.7. The van der Waals surface area contributed by atoms with Crippen LogP contribution in [-0.2, 0) is 13.0 Å². The summed E-state index contributed by atoms with van der Waals surface area (Å²) in [6.07, 6.45) is 2.60. The predicted molar refractivity (Wildman–Crippen MR) is 97.7 cm³/mol. The third kappa shape index (κ3) is 3.98. The average molecular weight is 358 g/mol. The molecule has 1 aromatic heterocycles. The monoisotopic (exact) mass is 358 g/mol. The van der Waals surface area contributed by atoms with E-state index in [1.807, 2.05) is 13.8 Å². The number of rotatable bonds is 7. The molecule has 1 N–H and O–H groups in total. The van der Waals surface area contributed by atoms with Gasteiger partial charge in [-0.25, -0.2) is 0 Å². The second kappa shape index (κ2) is 8.21. The van der Waals surface area contributed by atoms with E-state index in [0.717, 1.165) is 30.9 Å². The Kier molecular flexibility index (Phi) is 5.75. The Morgan fingerprint density at radius 2 is 2.12 bits per heavy atom. The van der Waals surface area contributed by atoms with Gasteiger partial charge in [-0.2, -0.15) is 0 Å². The molecule has 0 saturated heterocycles. The molecular formula is C19H26N4O3. The van der Waals surface area contributed by atoms with E-state index in [9.17, 15) is 4.79 Å². The van der Waals surface area contributed by atoms with E-state index in [0.29, 0.717) is 36.8 Å². The molecule has 2 aromatic rings. The van der Waals surface area contributed by atoms with Gasteiger partial charge in [-0.05, 0) is 44.9 Å². The van der Waals surface area contributed by atoms with E-state index in [4.69, 9.17) is 9.47 Å². The molecule has 2 heterocycles. The van der Waals surface area contributed by atoms with Gasteiger partial charge in [-0.15, -0.1) is 10.2 Å². The molecule has 1 amide bonds. The molecular weight excluding hydrogens is 332 g/mol. The standard InChI is InChI=1S/C19H26N4O3/c1-4-10-26-16-8-6-14(11-17(16)25-5-2)19(24)20-15-7-9-18-22-21-13(3)23(18)12-15/h6,8,11,15H,4-5,7,9-10,12H2,1-3H3,(H,20,24). The molecule has 1 aliphatic rings. The second-order valence-corrected chi connectivity index (χ2v) is 6.43. The molecule has 7 nitrogen and oxygen atoms in total. The minimum Gasteiger partial charge on any atom is -0.490 e. The number of hydrogen-bond donors (Lipinski definition) is 1. The first-order chi connectivity index (χ1) is 12.6. The fourth-order valence-corrected chi connectivity index (χ4v) is 3.10. The Bertz CT molecular complexity index is 772. The second-order valence-electron chi connectivity index (χ2n) is 6.43. The van der Waals surface area contributed by atoms with E-state index in [2.05, 4.69) is 27.0 Å². The minimum atomic E-state index is -0.104. The summed E-state index contributed by atoms with van der Waals surface area (Å²) >= 11 is 0. The lowest BCUT2D eigenvalue weighted by molar-refractivity contribution is 0.0926. The summed E-state index contributed by atoms with van der Waals surface area (Å²) in [5.74, 6) is 3.05. The SMILES string of the molecule is CCCOc1ccc(C(=O)NC2CCc3nnc(C)n3C2)cc1OCC. The molecule has 0 bridgehead atoms. The number of benzene rings is 1. The van der Waals surface area contributed by atoms with Gasteiger partial charge in [0.25, 0.3) is 5.91 Å². The van der Waals surface area contributed by atoms with Crippen LogP contribution in [0.15, 0.2) is 18.2 Å². The number of nitrogens with one attached hydrogen (secondary N) is 1. The molecule has 7 heteroatoms. The molecule has 140 valence electrons. The number of aryl methyl sites for hydroxylation is 2. The van der Waals surface area contributed by atoms with Crippen molar-refractivity contribution in [1.82, 2.24) is 20.1 Å². The molecule has 1 aliphatic heterocycles. The van der Waals surface area contributed by atoms with Crippen molar-refractivity contribution in [2.24, 2.45) is 0 Å². The smallest absolute Gasteiger partial charge is 0.251 e. The lowest BCUT2D eigenvalue weighted by Crippen LogP contribution is -2.41. The number of amides is 1. The minimum absolute atomic E-state index is 0.0660. The summed E-state index contributed by atoms with van der Waals surface area (Å²) in [4.78, 5) is 12.7. The van der Waals surface area contributed by atoms with Gasteiger partial charge in [0.1, 0.15) is 11.6 Å². The van der Waals surface area contributed by atoms with Crippen LogP contribution in [0.2, 0.25) is 0 Å². The summed E-state index contributed by atoms with van der Waals surface area (Å²) in [5.41, 5.74) is 0.573. The lowest BCUT2D eigenvalue weighted by atomic mass is 10.1. The van der Waals surface area contributed by atoms with E-state index in [1.165, 1.54) is 0 Å². The summed E-state index contributed by atoms with van der Waals surface area (Å²) in [5, 5.41) is 11.4. The molecule has 0 spiro atoms. The normalized spacial score (nSPS) is 16.0. The largest absolute Gasteiger partial charge is 0.490 e. The Morgan fingerprint density at radius 3 is 2.88 bits per heavy atom. The van der Waals surface area contributed by atoms with Crippen molar-refractivity contribution >= 4 is 5.91 Å². The van der Waals surface area contributed by atoms with Gasteiger partial charge in [0.15, 0.2) is 11.5 Å². The van der Waals surface area contributed by atoms with Gasteiger partial charge in [0.05, 0.1) is 13.2 Å². The van der Waals surface area contributed by atoms with Crippen molar-refractivity contribution < 1.29 is 14.3 Å². The van der Waals surface area contributed by atoms with Gasteiger partial charge >= 0.3 is 0 Å². The molecule has 0 aliphatic carbocycles. The highest BCUT2D eigenvalue weighted by Gasteiger charge is 2.23. The first kappa shape index (κ1) is 18.2. The van der Waals surface area contributed by atoms with Crippen LogP contribution in [0.1, 0.15) is 48.7 Å². The molecule has 0 radical (unpaired) electrons. The van der Waals surface area contributed by atoms with Crippen molar-refractivity contribution in [3.63, 3.8) is 0 Å². The van der Waals surface area contributed by atoms with Crippen LogP contribution in [0.3, 0.4) is 0 Å². The summed E-state index contributed by atoms with van der Waals surface area (Å²) < 4.78 is 13.4. The fourth-order valence-electron chi connectivity index (χ4n) is 3.10. The van der Waals surface area contributed by atoms with Crippen LogP contribution in [0, 0.1) is 6.92 Å². The maximum atomic E-state index is 12.7. The lowest BCUT2D eigenvalue weighted by Gasteiger charge is -2.25. The van der Waals surface area contributed by atoms with Crippen LogP contribution < -0.4 is 14.8 Å². The Hall–Kier alpha value is -2.57. The van der Waals surface area contributed by atoms with Crippen molar-refractivity contribution in [3.05, 3.63) is 35.4 Å². The zero-order valence-electron chi connectivity index (χ0n) is 15.6. The van der Waals surface area contributed by atoms with Crippen LogP contribution in [0.25, 0.3) is 0 Å². The number of hydrogen-bond acceptors (Lipinski definition) is 5. The number of aromatic nitrogens is 3. The molecule has 0 fully saturated rings. The number of ether oxygens (including phenoxy) is 2. The van der Waals surface area contributed by atoms with Gasteiger partial charge in [0.2, 0.25) is 0 Å². The summed E-state index contributed by atoms with van der Waals surface area (Å²) in [6, 6.07) is 5.40. The Morgan fingerprint density at radius 1 is 1.27 bits per heavy atom. The molecule has 1 atom stereocenters. The first-order valence-corrected chi connectivity index (χ1v) is 9.21. The fraction of sp³-hybridized carbons (Fsp3) is 0.526. The van der Waals surface area contributed by atoms with Gasteiger partial charge < -0.3 is 19.4 Å². The van der Waals surface area contributed by atoms with Gasteiger partial charge in [-0.1, -0.05) is 6.92 Å². The highest BCUT2D eigenvalue weighted by Crippen LogP contribution is 2.29. The topological polar surface area (TPSA) is 78.3 Å². The molecule has 0 saturated carbocycles. The number of fused-ring (bicyclic) bond motifs is 1. The predicted octanol–water partition coefficient (Wildman–Crippen LogP) is 2.52. The van der Waals surface area contributed by atoms with Crippen LogP contribution in [0.4, 0.5) is 0 Å². The number of nitrogens with zero attached hydrogens (tertiary/aromatic N) is 3. The number of carbonyl (C=O) groups is 1. The van der Waals surface area contributed by atoms with Crippen molar-refractivity contribution in [2.45, 2.75) is 52.6 Å². The third-order valence-electron chi connectivity index (χ3n) is 4.43. The van der Waals surface area contributed by atoms with Gasteiger partial charge in [0, 0.05) is 24.6 Å². The Balaban J connectivity index is 1.69. The van der Waals surface area contributed by atoms with Crippen molar-refractivity contribution in [2.75, 3.05) is 13.2 Å². The average Bonchev–Trinajstić information content (AvgIpc) is 3.01. The van der Waals surface area contributed by atoms with Crippen molar-refractivity contribution in [3.8, 4) is 11.5 Å². The Labute approximate surface area is 153 Å².